The first-order chi connectivity index (χ1) is 15.0. The summed E-state index contributed by atoms with van der Waals surface area (Å²) in [6.45, 7) is 3.52. The first kappa shape index (κ1) is 23.5. The maximum absolute atomic E-state index is 12.4. The average molecular weight is 432 g/mol. The molecule has 2 aliphatic heterocycles. The molecule has 7 heteroatoms. The number of nitrogens with zero attached hydrogens (tertiary/aromatic N) is 1. The molecular formula is C24H37N3O4. The molecule has 0 bridgehead atoms. The zero-order chi connectivity index (χ0) is 22.1. The Morgan fingerprint density at radius 1 is 1.26 bits per heavy atom. The van der Waals surface area contributed by atoms with E-state index in [0.29, 0.717) is 25.9 Å². The molecule has 1 amide bonds. The van der Waals surface area contributed by atoms with Crippen LogP contribution >= 0.6 is 0 Å². The van der Waals surface area contributed by atoms with Gasteiger partial charge in [0.2, 0.25) is 5.91 Å². The van der Waals surface area contributed by atoms with Gasteiger partial charge in [-0.15, -0.1) is 0 Å². The van der Waals surface area contributed by atoms with Crippen LogP contribution < -0.4 is 10.6 Å². The van der Waals surface area contributed by atoms with Gasteiger partial charge in [0.1, 0.15) is 11.9 Å². The molecule has 0 spiro atoms. The third kappa shape index (κ3) is 7.49. The van der Waals surface area contributed by atoms with E-state index >= 15 is 0 Å². The maximum Gasteiger partial charge on any atom is 0.326 e. The smallest absolute Gasteiger partial charge is 0.326 e. The minimum Gasteiger partial charge on any atom is -0.480 e. The first-order valence-corrected chi connectivity index (χ1v) is 11.9. The summed E-state index contributed by atoms with van der Waals surface area (Å²) in [6.07, 6.45) is 10.2. The van der Waals surface area contributed by atoms with Crippen LogP contribution in [0.15, 0.2) is 12.1 Å². The lowest BCUT2D eigenvalue weighted by Gasteiger charge is -2.27. The van der Waals surface area contributed by atoms with Gasteiger partial charge in [0.25, 0.3) is 0 Å². The van der Waals surface area contributed by atoms with Gasteiger partial charge in [-0.3, -0.25) is 4.79 Å². The molecule has 172 valence electrons. The lowest BCUT2D eigenvalue weighted by Crippen LogP contribution is -2.45. The van der Waals surface area contributed by atoms with Crippen molar-refractivity contribution in [1.82, 2.24) is 10.3 Å². The van der Waals surface area contributed by atoms with Crippen LogP contribution in [0, 0.1) is 5.92 Å². The fraction of sp³-hybridized carbons (Fsp3) is 0.708. The highest BCUT2D eigenvalue weighted by molar-refractivity contribution is 5.85. The molecule has 3 heterocycles. The number of anilines is 1. The lowest BCUT2D eigenvalue weighted by atomic mass is 9.94. The molecule has 1 saturated heterocycles. The van der Waals surface area contributed by atoms with Gasteiger partial charge in [0.15, 0.2) is 0 Å². The Bertz CT molecular complexity index is 740. The van der Waals surface area contributed by atoms with Crippen LogP contribution in [0.4, 0.5) is 5.82 Å². The number of hydrogen-bond donors (Lipinski definition) is 3. The number of aliphatic carboxylic acids is 1. The lowest BCUT2D eigenvalue weighted by molar-refractivity contribution is -0.143. The van der Waals surface area contributed by atoms with Crippen LogP contribution in [0.1, 0.15) is 76.0 Å². The molecule has 0 radical (unpaired) electrons. The van der Waals surface area contributed by atoms with Crippen LogP contribution in [-0.4, -0.2) is 47.3 Å². The van der Waals surface area contributed by atoms with E-state index in [-0.39, 0.29) is 17.9 Å². The number of unbranched alkanes of at least 4 members (excludes halogenated alkanes) is 4. The summed E-state index contributed by atoms with van der Waals surface area (Å²) in [7, 11) is 0. The van der Waals surface area contributed by atoms with Crippen molar-refractivity contribution in [2.75, 3.05) is 18.5 Å². The SMILES string of the molecule is C[C@H]1CC(C(=O)N[C@@H](CCCCCCCc2ccc3c(n2)NCCC3)C(=O)O)CCO1. The first-order valence-electron chi connectivity index (χ1n) is 11.9. The van der Waals surface area contributed by atoms with Crippen molar-refractivity contribution in [2.24, 2.45) is 5.92 Å². The van der Waals surface area contributed by atoms with Crippen LogP contribution in [0.3, 0.4) is 0 Å². The van der Waals surface area contributed by atoms with Gasteiger partial charge >= 0.3 is 5.97 Å². The highest BCUT2D eigenvalue weighted by Gasteiger charge is 2.28. The number of amides is 1. The highest BCUT2D eigenvalue weighted by atomic mass is 16.5. The van der Waals surface area contributed by atoms with Crippen LogP contribution in [0.2, 0.25) is 0 Å². The second-order valence-corrected chi connectivity index (χ2v) is 8.95. The van der Waals surface area contributed by atoms with Crippen molar-refractivity contribution in [1.29, 1.82) is 0 Å². The van der Waals surface area contributed by atoms with Crippen molar-refractivity contribution in [3.63, 3.8) is 0 Å². The third-order valence-electron chi connectivity index (χ3n) is 6.35. The summed E-state index contributed by atoms with van der Waals surface area (Å²) in [6, 6.07) is 3.55. The number of fused-ring (bicyclic) bond motifs is 1. The second-order valence-electron chi connectivity index (χ2n) is 8.95. The molecule has 3 N–H and O–H groups in total. The molecule has 7 nitrogen and oxygen atoms in total. The summed E-state index contributed by atoms with van der Waals surface area (Å²) >= 11 is 0. The van der Waals surface area contributed by atoms with Crippen molar-refractivity contribution in [2.45, 2.75) is 89.7 Å². The molecule has 0 aromatic carbocycles. The zero-order valence-corrected chi connectivity index (χ0v) is 18.7. The average Bonchev–Trinajstić information content (AvgIpc) is 2.77. The molecule has 0 aliphatic carbocycles. The van der Waals surface area contributed by atoms with Crippen molar-refractivity contribution in [3.05, 3.63) is 23.4 Å². The van der Waals surface area contributed by atoms with E-state index in [0.717, 1.165) is 63.0 Å². The van der Waals surface area contributed by atoms with E-state index < -0.39 is 12.0 Å². The number of carbonyl (C=O) groups is 2. The van der Waals surface area contributed by atoms with Crippen molar-refractivity contribution < 1.29 is 19.4 Å². The third-order valence-corrected chi connectivity index (χ3v) is 6.35. The quantitative estimate of drug-likeness (QED) is 0.462. The Morgan fingerprint density at radius 3 is 2.87 bits per heavy atom. The predicted octanol–water partition coefficient (Wildman–Crippen LogP) is 3.71. The highest BCUT2D eigenvalue weighted by Crippen LogP contribution is 2.22. The molecule has 1 aromatic heterocycles. The Balaban J connectivity index is 1.29. The molecule has 3 rings (SSSR count). The summed E-state index contributed by atoms with van der Waals surface area (Å²) in [5.74, 6) is -0.172. The summed E-state index contributed by atoms with van der Waals surface area (Å²) in [4.78, 5) is 28.7. The van der Waals surface area contributed by atoms with E-state index in [4.69, 9.17) is 9.72 Å². The van der Waals surface area contributed by atoms with Crippen molar-refractivity contribution >= 4 is 17.7 Å². The molecule has 1 fully saturated rings. The monoisotopic (exact) mass is 431 g/mol. The zero-order valence-electron chi connectivity index (χ0n) is 18.7. The number of carboxylic acid groups (broad SMARTS) is 1. The Labute approximate surface area is 185 Å². The van der Waals surface area contributed by atoms with Crippen molar-refractivity contribution in [3.8, 4) is 0 Å². The van der Waals surface area contributed by atoms with E-state index in [1.54, 1.807) is 0 Å². The van der Waals surface area contributed by atoms with Gasteiger partial charge in [0, 0.05) is 24.8 Å². The van der Waals surface area contributed by atoms with Gasteiger partial charge < -0.3 is 20.5 Å². The van der Waals surface area contributed by atoms with E-state index in [1.165, 1.54) is 12.0 Å². The van der Waals surface area contributed by atoms with Crippen LogP contribution in [-0.2, 0) is 27.2 Å². The topological polar surface area (TPSA) is 101 Å². The van der Waals surface area contributed by atoms with Gasteiger partial charge in [0.05, 0.1) is 6.10 Å². The van der Waals surface area contributed by atoms with Gasteiger partial charge in [-0.1, -0.05) is 31.7 Å². The minimum absolute atomic E-state index is 0.0561. The molecule has 1 unspecified atom stereocenters. The fourth-order valence-corrected chi connectivity index (χ4v) is 4.48. The van der Waals surface area contributed by atoms with Gasteiger partial charge in [-0.05, 0) is 63.5 Å². The standard InChI is InChI=1S/C24H37N3O4/c1-17-16-19(13-15-31-17)23(28)27-21(24(29)30)10-6-4-2-3-5-9-20-12-11-18-8-7-14-25-22(18)26-20/h11-12,17,19,21H,2-10,13-16H2,1H3,(H,25,26)(H,27,28)(H,29,30)/t17-,19?,21-/m0/s1. The molecular weight excluding hydrogens is 394 g/mol. The second kappa shape index (κ2) is 12.0. The van der Waals surface area contributed by atoms with Gasteiger partial charge in [-0.2, -0.15) is 0 Å². The van der Waals surface area contributed by atoms with E-state index in [1.807, 2.05) is 6.92 Å². The summed E-state index contributed by atoms with van der Waals surface area (Å²) in [5, 5.41) is 15.6. The Kier molecular flexibility index (Phi) is 9.13. The number of rotatable bonds is 11. The number of aromatic nitrogens is 1. The molecule has 1 aromatic rings. The Morgan fingerprint density at radius 2 is 2.06 bits per heavy atom. The number of carbonyl (C=O) groups excluding carboxylic acids is 1. The minimum atomic E-state index is -0.944. The number of aryl methyl sites for hydroxylation is 2. The number of nitrogens with one attached hydrogen (secondary N) is 2. The van der Waals surface area contributed by atoms with E-state index in [9.17, 15) is 14.7 Å². The van der Waals surface area contributed by atoms with Gasteiger partial charge in [-0.25, -0.2) is 9.78 Å². The number of hydrogen-bond acceptors (Lipinski definition) is 5. The van der Waals surface area contributed by atoms with Crippen LogP contribution in [0.5, 0.6) is 0 Å². The molecule has 2 aliphatic rings. The fourth-order valence-electron chi connectivity index (χ4n) is 4.48. The van der Waals surface area contributed by atoms with Crippen LogP contribution in [0.25, 0.3) is 0 Å². The molecule has 0 saturated carbocycles. The van der Waals surface area contributed by atoms with E-state index in [2.05, 4.69) is 22.8 Å². The maximum atomic E-state index is 12.4. The summed E-state index contributed by atoms with van der Waals surface area (Å²) in [5.41, 5.74) is 2.46. The number of ether oxygens (including phenoxy) is 1. The number of carboxylic acids is 1. The molecule has 3 atom stereocenters. The normalized spacial score (nSPS) is 21.6. The summed E-state index contributed by atoms with van der Waals surface area (Å²) < 4.78 is 5.47. The predicted molar refractivity (Wildman–Crippen MR) is 120 cm³/mol. The number of pyridine rings is 1. The Hall–Kier alpha value is -2.15. The largest absolute Gasteiger partial charge is 0.480 e. The molecule has 31 heavy (non-hydrogen) atoms.